The van der Waals surface area contributed by atoms with Crippen molar-refractivity contribution < 1.29 is 17.3 Å². The SMILES string of the molecule is CN(C)CCN1CC(NOS(=O)(=O)O)CC[C@H]1C#N. The van der Waals surface area contributed by atoms with Gasteiger partial charge in [0.15, 0.2) is 0 Å². The van der Waals surface area contributed by atoms with E-state index in [-0.39, 0.29) is 12.1 Å². The highest BCUT2D eigenvalue weighted by atomic mass is 32.3. The second-order valence-electron chi connectivity index (χ2n) is 4.85. The van der Waals surface area contributed by atoms with Gasteiger partial charge in [-0.25, -0.2) is 0 Å². The Labute approximate surface area is 113 Å². The molecule has 9 heteroatoms. The van der Waals surface area contributed by atoms with Crippen LogP contribution in [0.4, 0.5) is 0 Å². The van der Waals surface area contributed by atoms with E-state index in [9.17, 15) is 8.42 Å². The lowest BCUT2D eigenvalue weighted by atomic mass is 10.00. The van der Waals surface area contributed by atoms with Crippen LogP contribution in [0.5, 0.6) is 0 Å². The van der Waals surface area contributed by atoms with E-state index >= 15 is 0 Å². The molecule has 1 saturated heterocycles. The maximum Gasteiger partial charge on any atom is 0.413 e. The number of likely N-dealkylation sites (N-methyl/N-ethyl adjacent to an activating group) is 1. The predicted molar refractivity (Wildman–Crippen MR) is 68.3 cm³/mol. The maximum atomic E-state index is 10.5. The average Bonchev–Trinajstić information content (AvgIpc) is 2.33. The van der Waals surface area contributed by atoms with Crippen molar-refractivity contribution in [3.8, 4) is 6.07 Å². The van der Waals surface area contributed by atoms with E-state index in [2.05, 4.69) is 15.8 Å². The molecule has 1 fully saturated rings. The van der Waals surface area contributed by atoms with Crippen molar-refractivity contribution >= 4 is 10.4 Å². The first-order valence-corrected chi connectivity index (χ1v) is 7.38. The van der Waals surface area contributed by atoms with Crippen molar-refractivity contribution in [2.45, 2.75) is 24.9 Å². The zero-order valence-electron chi connectivity index (χ0n) is 11.1. The molecule has 2 atom stereocenters. The first-order valence-electron chi connectivity index (χ1n) is 6.01. The van der Waals surface area contributed by atoms with Gasteiger partial charge in [-0.2, -0.15) is 23.4 Å². The molecule has 0 amide bonds. The summed E-state index contributed by atoms with van der Waals surface area (Å²) < 4.78 is 33.7. The molecule has 0 aromatic heterocycles. The summed E-state index contributed by atoms with van der Waals surface area (Å²) in [6.45, 7) is 2.03. The average molecular weight is 292 g/mol. The highest BCUT2D eigenvalue weighted by molar-refractivity contribution is 7.80. The molecule has 110 valence electrons. The van der Waals surface area contributed by atoms with Crippen molar-refractivity contribution in [3.63, 3.8) is 0 Å². The van der Waals surface area contributed by atoms with Gasteiger partial charge in [0.05, 0.1) is 12.1 Å². The first-order chi connectivity index (χ1) is 8.81. The highest BCUT2D eigenvalue weighted by Crippen LogP contribution is 2.17. The lowest BCUT2D eigenvalue weighted by Gasteiger charge is -2.36. The second kappa shape index (κ2) is 7.14. The maximum absolute atomic E-state index is 10.5. The molecule has 0 saturated carbocycles. The van der Waals surface area contributed by atoms with Crippen LogP contribution in [0.3, 0.4) is 0 Å². The van der Waals surface area contributed by atoms with Gasteiger partial charge < -0.3 is 4.90 Å². The minimum absolute atomic E-state index is 0.163. The van der Waals surface area contributed by atoms with Crippen molar-refractivity contribution in [3.05, 3.63) is 0 Å². The van der Waals surface area contributed by atoms with Gasteiger partial charge in [-0.15, -0.1) is 0 Å². The summed E-state index contributed by atoms with van der Waals surface area (Å²) in [6, 6.07) is 1.85. The predicted octanol–water partition coefficient (Wildman–Crippen LogP) is -0.771. The van der Waals surface area contributed by atoms with E-state index in [1.165, 1.54) is 0 Å². The minimum atomic E-state index is -4.49. The monoisotopic (exact) mass is 292 g/mol. The van der Waals surface area contributed by atoms with Crippen LogP contribution in [0, 0.1) is 11.3 Å². The Hall–Kier alpha value is -0.760. The molecule has 2 N–H and O–H groups in total. The van der Waals surface area contributed by atoms with Crippen LogP contribution < -0.4 is 5.48 Å². The van der Waals surface area contributed by atoms with Gasteiger partial charge in [0.1, 0.15) is 0 Å². The smallest absolute Gasteiger partial charge is 0.308 e. The number of piperidine rings is 1. The van der Waals surface area contributed by atoms with E-state index in [1.54, 1.807) is 0 Å². The third-order valence-corrected chi connectivity index (χ3v) is 3.29. The number of nitrogens with one attached hydrogen (secondary N) is 1. The number of hydrogen-bond acceptors (Lipinski definition) is 7. The molecule has 0 aliphatic carbocycles. The van der Waals surface area contributed by atoms with E-state index < -0.39 is 10.4 Å². The van der Waals surface area contributed by atoms with Gasteiger partial charge in [0, 0.05) is 25.7 Å². The molecule has 0 bridgehead atoms. The van der Waals surface area contributed by atoms with Crippen LogP contribution in [0.1, 0.15) is 12.8 Å². The summed E-state index contributed by atoms with van der Waals surface area (Å²) in [4.78, 5) is 3.99. The molecule has 0 radical (unpaired) electrons. The molecule has 1 aliphatic heterocycles. The lowest BCUT2D eigenvalue weighted by Crippen LogP contribution is -2.51. The second-order valence-corrected chi connectivity index (χ2v) is 5.87. The molecule has 1 rings (SSSR count). The number of nitrogens with zero attached hydrogens (tertiary/aromatic N) is 3. The Morgan fingerprint density at radius 1 is 1.53 bits per heavy atom. The van der Waals surface area contributed by atoms with Gasteiger partial charge in [0.25, 0.3) is 0 Å². The molecule has 0 spiro atoms. The van der Waals surface area contributed by atoms with E-state index in [0.29, 0.717) is 19.4 Å². The Morgan fingerprint density at radius 2 is 2.21 bits per heavy atom. The standard InChI is InChI=1S/C10H20N4O4S/c1-13(2)5-6-14-8-9(3-4-10(14)7-11)12-18-19(15,16)17/h9-10,12H,3-6,8H2,1-2H3,(H,15,16,17)/t9?,10-/m0/s1. The van der Waals surface area contributed by atoms with Crippen LogP contribution in [0.25, 0.3) is 0 Å². The fourth-order valence-electron chi connectivity index (χ4n) is 1.99. The van der Waals surface area contributed by atoms with Crippen molar-refractivity contribution in [2.24, 2.45) is 0 Å². The van der Waals surface area contributed by atoms with Crippen molar-refractivity contribution in [1.29, 1.82) is 5.26 Å². The summed E-state index contributed by atoms with van der Waals surface area (Å²) in [5.41, 5.74) is 2.32. The Morgan fingerprint density at radius 3 is 2.74 bits per heavy atom. The molecule has 1 aliphatic rings. The summed E-state index contributed by atoms with van der Waals surface area (Å²) in [6.07, 6.45) is 1.25. The summed E-state index contributed by atoms with van der Waals surface area (Å²) >= 11 is 0. The Bertz CT molecular complexity index is 420. The normalized spacial score (nSPS) is 25.4. The third-order valence-electron chi connectivity index (χ3n) is 2.99. The number of rotatable bonds is 6. The van der Waals surface area contributed by atoms with Crippen molar-refractivity contribution in [2.75, 3.05) is 33.7 Å². The molecule has 0 aromatic carbocycles. The van der Waals surface area contributed by atoms with Crippen LogP contribution in [-0.2, 0) is 14.7 Å². The number of hydroxylamine groups is 1. The zero-order valence-corrected chi connectivity index (χ0v) is 11.9. The van der Waals surface area contributed by atoms with Crippen LogP contribution in [-0.4, -0.2) is 68.6 Å². The lowest BCUT2D eigenvalue weighted by molar-refractivity contribution is 0.0711. The van der Waals surface area contributed by atoms with E-state index in [4.69, 9.17) is 9.81 Å². The molecule has 0 aromatic rings. The third kappa shape index (κ3) is 6.29. The van der Waals surface area contributed by atoms with Crippen LogP contribution >= 0.6 is 0 Å². The van der Waals surface area contributed by atoms with Crippen LogP contribution in [0.15, 0.2) is 0 Å². The quantitative estimate of drug-likeness (QED) is 0.485. The van der Waals surface area contributed by atoms with E-state index in [0.717, 1.165) is 13.1 Å². The van der Waals surface area contributed by atoms with Gasteiger partial charge in [-0.3, -0.25) is 9.45 Å². The largest absolute Gasteiger partial charge is 0.413 e. The highest BCUT2D eigenvalue weighted by Gasteiger charge is 2.28. The fraction of sp³-hybridized carbons (Fsp3) is 0.900. The van der Waals surface area contributed by atoms with Gasteiger partial charge >= 0.3 is 10.4 Å². The van der Waals surface area contributed by atoms with E-state index in [1.807, 2.05) is 23.9 Å². The zero-order chi connectivity index (χ0) is 14.5. The molecule has 1 unspecified atom stereocenters. The number of hydrogen-bond donors (Lipinski definition) is 2. The Kier molecular flexibility index (Phi) is 6.12. The molecule has 1 heterocycles. The topological polar surface area (TPSA) is 106 Å². The number of likely N-dealkylation sites (tertiary alicyclic amines) is 1. The van der Waals surface area contributed by atoms with Gasteiger partial charge in [-0.05, 0) is 26.9 Å². The molecule has 8 nitrogen and oxygen atoms in total. The molecular formula is C10H20N4O4S. The fourth-order valence-corrected chi connectivity index (χ4v) is 2.25. The number of nitriles is 1. The summed E-state index contributed by atoms with van der Waals surface area (Å²) in [5, 5.41) is 9.08. The molecular weight excluding hydrogens is 272 g/mol. The van der Waals surface area contributed by atoms with Gasteiger partial charge in [0.2, 0.25) is 0 Å². The first kappa shape index (κ1) is 16.3. The Balaban J connectivity index is 2.50. The molecule has 19 heavy (non-hydrogen) atoms. The van der Waals surface area contributed by atoms with Gasteiger partial charge in [-0.1, -0.05) is 0 Å². The minimum Gasteiger partial charge on any atom is -0.308 e. The van der Waals surface area contributed by atoms with Crippen LogP contribution in [0.2, 0.25) is 0 Å². The van der Waals surface area contributed by atoms with Crippen molar-refractivity contribution in [1.82, 2.24) is 15.3 Å². The summed E-state index contributed by atoms with van der Waals surface area (Å²) in [5.74, 6) is 0. The summed E-state index contributed by atoms with van der Waals surface area (Å²) in [7, 11) is -0.595.